The second kappa shape index (κ2) is 4.29. The Bertz CT molecular complexity index is 629. The van der Waals surface area contributed by atoms with Crippen LogP contribution in [0.3, 0.4) is 0 Å². The predicted octanol–water partition coefficient (Wildman–Crippen LogP) is 3.24. The van der Waals surface area contributed by atoms with Crippen molar-refractivity contribution in [2.24, 2.45) is 0 Å². The second-order valence-electron chi connectivity index (χ2n) is 4.26. The third-order valence-electron chi connectivity index (χ3n) is 3.26. The molecule has 0 saturated carbocycles. The zero-order chi connectivity index (χ0) is 13.4. The molecule has 94 valence electrons. The lowest BCUT2D eigenvalue weighted by Gasteiger charge is -2.10. The van der Waals surface area contributed by atoms with E-state index in [2.05, 4.69) is 0 Å². The van der Waals surface area contributed by atoms with E-state index in [0.717, 1.165) is 5.69 Å². The highest BCUT2D eigenvalue weighted by molar-refractivity contribution is 5.91. The first-order valence-corrected chi connectivity index (χ1v) is 5.61. The van der Waals surface area contributed by atoms with Crippen molar-refractivity contribution in [3.63, 3.8) is 0 Å². The Hall–Kier alpha value is -2.10. The predicted molar refractivity (Wildman–Crippen MR) is 66.9 cm³/mol. The van der Waals surface area contributed by atoms with Gasteiger partial charge < -0.3 is 9.67 Å². The monoisotopic (exact) mass is 247 g/mol. The zero-order valence-corrected chi connectivity index (χ0v) is 10.5. The molecule has 0 fully saturated rings. The van der Waals surface area contributed by atoms with Crippen LogP contribution in [0.1, 0.15) is 27.3 Å². The zero-order valence-electron chi connectivity index (χ0n) is 10.5. The van der Waals surface area contributed by atoms with Gasteiger partial charge >= 0.3 is 5.97 Å². The first-order chi connectivity index (χ1) is 8.45. The largest absolute Gasteiger partial charge is 0.478 e. The van der Waals surface area contributed by atoms with Crippen molar-refractivity contribution >= 4 is 5.97 Å². The molecule has 0 unspecified atom stereocenters. The number of para-hydroxylation sites is 1. The number of hydrogen-bond donors (Lipinski definition) is 1. The van der Waals surface area contributed by atoms with Crippen molar-refractivity contribution in [3.8, 4) is 5.69 Å². The summed E-state index contributed by atoms with van der Waals surface area (Å²) in [5.41, 5.74) is 2.58. The van der Waals surface area contributed by atoms with Crippen LogP contribution in [0.25, 0.3) is 5.69 Å². The minimum absolute atomic E-state index is 0.246. The Morgan fingerprint density at radius 3 is 2.28 bits per heavy atom. The molecule has 0 saturated heterocycles. The van der Waals surface area contributed by atoms with Crippen molar-refractivity contribution in [1.82, 2.24) is 4.57 Å². The minimum atomic E-state index is -0.983. The summed E-state index contributed by atoms with van der Waals surface area (Å²) >= 11 is 0. The number of carboxylic acid groups (broad SMARTS) is 1. The van der Waals surface area contributed by atoms with Crippen molar-refractivity contribution < 1.29 is 14.3 Å². The van der Waals surface area contributed by atoms with Gasteiger partial charge in [-0.3, -0.25) is 0 Å². The molecule has 18 heavy (non-hydrogen) atoms. The molecule has 0 aliphatic rings. The van der Waals surface area contributed by atoms with Crippen LogP contribution in [0, 0.1) is 26.6 Å². The Morgan fingerprint density at radius 1 is 1.17 bits per heavy atom. The molecule has 0 aliphatic carbocycles. The summed E-state index contributed by atoms with van der Waals surface area (Å²) in [5.74, 6) is -1.35. The number of nitrogens with zero attached hydrogens (tertiary/aromatic N) is 1. The van der Waals surface area contributed by atoms with Crippen molar-refractivity contribution in [3.05, 3.63) is 52.6 Å². The van der Waals surface area contributed by atoms with Gasteiger partial charge in [0.05, 0.1) is 11.3 Å². The normalized spacial score (nSPS) is 10.7. The van der Waals surface area contributed by atoms with Crippen LogP contribution in [0.5, 0.6) is 0 Å². The van der Waals surface area contributed by atoms with Crippen molar-refractivity contribution in [2.75, 3.05) is 0 Å². The quantitative estimate of drug-likeness (QED) is 0.885. The number of halogens is 1. The van der Waals surface area contributed by atoms with Crippen LogP contribution in [0.15, 0.2) is 24.3 Å². The highest BCUT2D eigenvalue weighted by Crippen LogP contribution is 2.26. The number of carboxylic acids is 1. The highest BCUT2D eigenvalue weighted by Gasteiger charge is 2.21. The van der Waals surface area contributed by atoms with Gasteiger partial charge in [-0.05, 0) is 38.5 Å². The maximum atomic E-state index is 13.8. The standard InChI is InChI=1S/C14H14FNO2/c1-8-9(2)16(10(3)13(8)14(17)18)12-7-5-4-6-11(12)15/h4-7H,1-3H3,(H,17,18). The van der Waals surface area contributed by atoms with Crippen molar-refractivity contribution in [1.29, 1.82) is 0 Å². The molecule has 4 heteroatoms. The number of rotatable bonds is 2. The second-order valence-corrected chi connectivity index (χ2v) is 4.26. The Kier molecular flexibility index (Phi) is 2.95. The lowest BCUT2D eigenvalue weighted by Crippen LogP contribution is -2.04. The third-order valence-corrected chi connectivity index (χ3v) is 3.26. The molecule has 1 heterocycles. The lowest BCUT2D eigenvalue weighted by atomic mass is 10.1. The number of hydrogen-bond acceptors (Lipinski definition) is 1. The number of benzene rings is 1. The van der Waals surface area contributed by atoms with Crippen LogP contribution in [-0.4, -0.2) is 15.6 Å². The smallest absolute Gasteiger partial charge is 0.337 e. The van der Waals surface area contributed by atoms with Crippen LogP contribution >= 0.6 is 0 Å². The summed E-state index contributed by atoms with van der Waals surface area (Å²) in [6.07, 6.45) is 0. The summed E-state index contributed by atoms with van der Waals surface area (Å²) in [7, 11) is 0. The molecule has 2 aromatic rings. The SMILES string of the molecule is Cc1c(C(=O)O)c(C)n(-c2ccccc2F)c1C. The Balaban J connectivity index is 2.78. The van der Waals surface area contributed by atoms with E-state index in [-0.39, 0.29) is 11.4 Å². The first kappa shape index (κ1) is 12.4. The van der Waals surface area contributed by atoms with Gasteiger partial charge in [-0.1, -0.05) is 12.1 Å². The third kappa shape index (κ3) is 1.70. The van der Waals surface area contributed by atoms with Crippen LogP contribution in [0.4, 0.5) is 4.39 Å². The summed E-state index contributed by atoms with van der Waals surface area (Å²) < 4.78 is 15.5. The number of carbonyl (C=O) groups is 1. The molecule has 0 bridgehead atoms. The summed E-state index contributed by atoms with van der Waals surface area (Å²) in [6, 6.07) is 6.34. The van der Waals surface area contributed by atoms with Crippen LogP contribution < -0.4 is 0 Å². The van der Waals surface area contributed by atoms with Gasteiger partial charge in [0.2, 0.25) is 0 Å². The molecule has 0 aliphatic heterocycles. The van der Waals surface area contributed by atoms with E-state index in [4.69, 9.17) is 0 Å². The average Bonchev–Trinajstić information content (AvgIpc) is 2.52. The molecule has 2 rings (SSSR count). The number of aromatic nitrogens is 1. The number of aromatic carboxylic acids is 1. The molecule has 1 aromatic heterocycles. The van der Waals surface area contributed by atoms with Gasteiger partial charge in [0.25, 0.3) is 0 Å². The van der Waals surface area contributed by atoms with Gasteiger partial charge in [0.1, 0.15) is 5.82 Å². The molecule has 0 radical (unpaired) electrons. The summed E-state index contributed by atoms with van der Waals surface area (Å²) in [6.45, 7) is 5.22. The molecule has 0 atom stereocenters. The molecule has 1 N–H and O–H groups in total. The van der Waals surface area contributed by atoms with E-state index in [1.54, 1.807) is 43.5 Å². The fourth-order valence-corrected chi connectivity index (χ4v) is 2.29. The van der Waals surface area contributed by atoms with Gasteiger partial charge in [0.15, 0.2) is 0 Å². The molecular formula is C14H14FNO2. The maximum absolute atomic E-state index is 13.8. The Labute approximate surface area is 104 Å². The van der Waals surface area contributed by atoms with E-state index in [1.165, 1.54) is 6.07 Å². The van der Waals surface area contributed by atoms with E-state index < -0.39 is 5.97 Å². The topological polar surface area (TPSA) is 42.2 Å². The fourth-order valence-electron chi connectivity index (χ4n) is 2.29. The molecule has 1 aromatic carbocycles. The van der Waals surface area contributed by atoms with E-state index in [9.17, 15) is 14.3 Å². The van der Waals surface area contributed by atoms with Gasteiger partial charge in [-0.15, -0.1) is 0 Å². The van der Waals surface area contributed by atoms with Gasteiger partial charge in [-0.25, -0.2) is 9.18 Å². The fraction of sp³-hybridized carbons (Fsp3) is 0.214. The molecule has 0 spiro atoms. The molecule has 3 nitrogen and oxygen atoms in total. The lowest BCUT2D eigenvalue weighted by molar-refractivity contribution is 0.0695. The van der Waals surface area contributed by atoms with Crippen LogP contribution in [-0.2, 0) is 0 Å². The van der Waals surface area contributed by atoms with Gasteiger partial charge in [0, 0.05) is 11.4 Å². The maximum Gasteiger partial charge on any atom is 0.337 e. The van der Waals surface area contributed by atoms with E-state index in [0.29, 0.717) is 16.9 Å². The summed E-state index contributed by atoms with van der Waals surface area (Å²) in [4.78, 5) is 11.2. The van der Waals surface area contributed by atoms with Crippen LogP contribution in [0.2, 0.25) is 0 Å². The average molecular weight is 247 g/mol. The summed E-state index contributed by atoms with van der Waals surface area (Å²) in [5, 5.41) is 9.19. The van der Waals surface area contributed by atoms with Crippen molar-refractivity contribution in [2.45, 2.75) is 20.8 Å². The first-order valence-electron chi connectivity index (χ1n) is 5.61. The molecular weight excluding hydrogens is 233 g/mol. The van der Waals surface area contributed by atoms with Gasteiger partial charge in [-0.2, -0.15) is 0 Å². The minimum Gasteiger partial charge on any atom is -0.478 e. The Morgan fingerprint density at radius 2 is 1.78 bits per heavy atom. The van der Waals surface area contributed by atoms with E-state index in [1.807, 2.05) is 0 Å². The highest BCUT2D eigenvalue weighted by atomic mass is 19.1. The van der Waals surface area contributed by atoms with E-state index >= 15 is 0 Å². The molecule has 0 amide bonds.